The van der Waals surface area contributed by atoms with Gasteiger partial charge in [-0.2, -0.15) is 0 Å². The molecule has 2 aliphatic rings. The van der Waals surface area contributed by atoms with Crippen LogP contribution in [0.4, 0.5) is 0 Å². The van der Waals surface area contributed by atoms with E-state index in [1.807, 2.05) is 29.2 Å². The van der Waals surface area contributed by atoms with Gasteiger partial charge < -0.3 is 14.4 Å². The highest BCUT2D eigenvalue weighted by Crippen LogP contribution is 2.43. The maximum atomic E-state index is 13.4. The number of nitrogens with zero attached hydrogens (tertiary/aromatic N) is 4. The molecule has 3 atom stereocenters. The number of hydrogen-bond donors (Lipinski definition) is 0. The van der Waals surface area contributed by atoms with Crippen molar-refractivity contribution in [2.45, 2.75) is 43.4 Å². The van der Waals surface area contributed by atoms with Gasteiger partial charge in [0.1, 0.15) is 12.7 Å². The molecule has 1 aliphatic carbocycles. The third-order valence-electron chi connectivity index (χ3n) is 5.97. The fraction of sp³-hybridized carbons (Fsp3) is 0.526. The molecule has 2 aromatic rings. The molecule has 0 spiro atoms. The number of carbonyl (C=O) groups is 1. The fourth-order valence-corrected chi connectivity index (χ4v) is 4.48. The quantitative estimate of drug-likeness (QED) is 0.839. The van der Waals surface area contributed by atoms with Crippen molar-refractivity contribution in [3.63, 3.8) is 0 Å². The number of ether oxygens (including phenoxy) is 2. The molecule has 2 fully saturated rings. The van der Waals surface area contributed by atoms with Crippen LogP contribution in [0.2, 0.25) is 0 Å². The summed E-state index contributed by atoms with van der Waals surface area (Å²) in [5.74, 6) is 0.0231. The molecule has 7 heteroatoms. The number of rotatable bonds is 4. The highest BCUT2D eigenvalue weighted by atomic mass is 16.5. The molecule has 0 radical (unpaired) electrons. The van der Waals surface area contributed by atoms with E-state index < -0.39 is 0 Å². The lowest BCUT2D eigenvalue weighted by Gasteiger charge is -2.43. The Morgan fingerprint density at radius 2 is 1.96 bits per heavy atom. The van der Waals surface area contributed by atoms with Gasteiger partial charge in [-0.05, 0) is 37.8 Å². The summed E-state index contributed by atoms with van der Waals surface area (Å²) < 4.78 is 13.3. The van der Waals surface area contributed by atoms with Crippen molar-refractivity contribution in [3.05, 3.63) is 42.5 Å². The molecule has 2 heterocycles. The molecule has 26 heavy (non-hydrogen) atoms. The van der Waals surface area contributed by atoms with Crippen LogP contribution < -0.4 is 0 Å². The summed E-state index contributed by atoms with van der Waals surface area (Å²) >= 11 is 0. The van der Waals surface area contributed by atoms with E-state index in [0.717, 1.165) is 31.4 Å². The van der Waals surface area contributed by atoms with E-state index in [9.17, 15) is 4.79 Å². The summed E-state index contributed by atoms with van der Waals surface area (Å²) in [7, 11) is 3.51. The predicted octanol–water partition coefficient (Wildman–Crippen LogP) is 2.07. The van der Waals surface area contributed by atoms with Crippen LogP contribution in [0, 0.1) is 0 Å². The molecule has 0 bridgehead atoms. The van der Waals surface area contributed by atoms with Crippen molar-refractivity contribution in [2.75, 3.05) is 20.8 Å². The van der Waals surface area contributed by atoms with Crippen molar-refractivity contribution in [1.29, 1.82) is 0 Å². The molecule has 1 saturated carbocycles. The van der Waals surface area contributed by atoms with Crippen molar-refractivity contribution in [3.8, 4) is 5.69 Å². The Labute approximate surface area is 152 Å². The molecule has 0 N–H and O–H groups in total. The van der Waals surface area contributed by atoms with Crippen LogP contribution in [0.5, 0.6) is 0 Å². The molecular weight excluding hydrogens is 332 g/mol. The Balaban J connectivity index is 1.67. The SMILES string of the molecule is CO[C@H]1CC[C@]2(OC)CCN(C(=O)c3ccccc3-n3cnnc3)[C@@H]2C1. The highest BCUT2D eigenvalue weighted by molar-refractivity contribution is 5.98. The number of carbonyl (C=O) groups excluding carboxylic acids is 1. The number of likely N-dealkylation sites (tertiary alicyclic amines) is 1. The number of hydrogen-bond acceptors (Lipinski definition) is 5. The van der Waals surface area contributed by atoms with Gasteiger partial charge in [-0.1, -0.05) is 12.1 Å². The van der Waals surface area contributed by atoms with Crippen molar-refractivity contribution < 1.29 is 14.3 Å². The van der Waals surface area contributed by atoms with Crippen LogP contribution >= 0.6 is 0 Å². The Morgan fingerprint density at radius 3 is 2.69 bits per heavy atom. The van der Waals surface area contributed by atoms with Crippen molar-refractivity contribution >= 4 is 5.91 Å². The third kappa shape index (κ3) is 2.71. The zero-order valence-corrected chi connectivity index (χ0v) is 15.2. The first-order valence-electron chi connectivity index (χ1n) is 9.01. The molecule has 7 nitrogen and oxygen atoms in total. The van der Waals surface area contributed by atoms with Gasteiger partial charge in [0.2, 0.25) is 0 Å². The van der Waals surface area contributed by atoms with Crippen molar-refractivity contribution in [2.24, 2.45) is 0 Å². The van der Waals surface area contributed by atoms with Gasteiger partial charge in [-0.15, -0.1) is 10.2 Å². The Morgan fingerprint density at radius 1 is 1.19 bits per heavy atom. The first kappa shape index (κ1) is 17.2. The summed E-state index contributed by atoms with van der Waals surface area (Å²) in [5.41, 5.74) is 1.19. The Kier molecular flexibility index (Phi) is 4.50. The second-order valence-electron chi connectivity index (χ2n) is 7.05. The average molecular weight is 356 g/mol. The average Bonchev–Trinajstić information content (AvgIpc) is 3.35. The number of methoxy groups -OCH3 is 2. The summed E-state index contributed by atoms with van der Waals surface area (Å²) in [5, 5.41) is 7.72. The van der Waals surface area contributed by atoms with Crippen molar-refractivity contribution in [1.82, 2.24) is 19.7 Å². The third-order valence-corrected chi connectivity index (χ3v) is 5.97. The lowest BCUT2D eigenvalue weighted by molar-refractivity contribution is -0.0893. The summed E-state index contributed by atoms with van der Waals surface area (Å²) in [6.07, 6.45) is 6.96. The van der Waals surface area contributed by atoms with E-state index in [2.05, 4.69) is 10.2 Å². The monoisotopic (exact) mass is 356 g/mol. The van der Waals surface area contributed by atoms with Crippen LogP contribution in [0.25, 0.3) is 5.69 Å². The van der Waals surface area contributed by atoms with Gasteiger partial charge in [-0.25, -0.2) is 0 Å². The van der Waals surface area contributed by atoms with Crippen LogP contribution in [0.1, 0.15) is 36.0 Å². The Bertz CT molecular complexity index is 779. The number of fused-ring (bicyclic) bond motifs is 1. The van der Waals surface area contributed by atoms with Crippen LogP contribution in [-0.4, -0.2) is 64.1 Å². The second-order valence-corrected chi connectivity index (χ2v) is 7.05. The van der Waals surface area contributed by atoms with E-state index in [-0.39, 0.29) is 23.7 Å². The summed E-state index contributed by atoms with van der Waals surface area (Å²) in [4.78, 5) is 15.4. The molecule has 0 unspecified atom stereocenters. The lowest BCUT2D eigenvalue weighted by atomic mass is 9.79. The topological polar surface area (TPSA) is 69.5 Å². The van der Waals surface area contributed by atoms with E-state index in [4.69, 9.17) is 9.47 Å². The van der Waals surface area contributed by atoms with Gasteiger partial charge >= 0.3 is 0 Å². The zero-order valence-electron chi connectivity index (χ0n) is 15.2. The van der Waals surface area contributed by atoms with Gasteiger partial charge in [0.05, 0.1) is 29.0 Å². The minimum atomic E-state index is -0.254. The molecule has 1 aromatic carbocycles. The smallest absolute Gasteiger partial charge is 0.256 e. The fourth-order valence-electron chi connectivity index (χ4n) is 4.48. The molecule has 1 amide bonds. The van der Waals surface area contributed by atoms with Crippen LogP contribution in [0.3, 0.4) is 0 Å². The summed E-state index contributed by atoms with van der Waals surface area (Å²) in [6, 6.07) is 7.61. The first-order chi connectivity index (χ1) is 12.7. The van der Waals surface area contributed by atoms with Gasteiger partial charge in [0.25, 0.3) is 5.91 Å². The van der Waals surface area contributed by atoms with Crippen LogP contribution in [-0.2, 0) is 9.47 Å². The molecule has 1 aromatic heterocycles. The van der Waals surface area contributed by atoms with Gasteiger partial charge in [0.15, 0.2) is 0 Å². The van der Waals surface area contributed by atoms with E-state index in [1.54, 1.807) is 31.4 Å². The van der Waals surface area contributed by atoms with Gasteiger partial charge in [-0.3, -0.25) is 9.36 Å². The Hall–Kier alpha value is -2.25. The standard InChI is InChI=1S/C19H24N4O3/c1-25-14-7-8-19(26-2)9-10-23(17(19)11-14)18(24)15-5-3-4-6-16(15)22-12-20-21-13-22/h3-6,12-14,17H,7-11H2,1-2H3/t14-,17+,19-/m0/s1. The maximum Gasteiger partial charge on any atom is 0.256 e. The second kappa shape index (κ2) is 6.81. The lowest BCUT2D eigenvalue weighted by Crippen LogP contribution is -2.53. The minimum absolute atomic E-state index is 0.0231. The van der Waals surface area contributed by atoms with E-state index >= 15 is 0 Å². The zero-order chi connectivity index (χ0) is 18.1. The first-order valence-corrected chi connectivity index (χ1v) is 9.01. The van der Waals surface area contributed by atoms with E-state index in [1.165, 1.54) is 0 Å². The molecule has 138 valence electrons. The molecule has 1 aliphatic heterocycles. The maximum absolute atomic E-state index is 13.4. The predicted molar refractivity (Wildman–Crippen MR) is 95.2 cm³/mol. The number of amides is 1. The van der Waals surface area contributed by atoms with Gasteiger partial charge in [0, 0.05) is 20.8 Å². The molecular formula is C19H24N4O3. The highest BCUT2D eigenvalue weighted by Gasteiger charge is 2.52. The van der Waals surface area contributed by atoms with Crippen LogP contribution in [0.15, 0.2) is 36.9 Å². The molecule has 4 rings (SSSR count). The summed E-state index contributed by atoms with van der Waals surface area (Å²) in [6.45, 7) is 0.699. The minimum Gasteiger partial charge on any atom is -0.381 e. The number of aromatic nitrogens is 3. The molecule has 1 saturated heterocycles. The normalized spacial score (nSPS) is 28.2. The van der Waals surface area contributed by atoms with E-state index in [0.29, 0.717) is 12.1 Å². The largest absolute Gasteiger partial charge is 0.381 e. The number of para-hydroxylation sites is 1. The number of benzene rings is 1.